The van der Waals surface area contributed by atoms with Gasteiger partial charge in [-0.3, -0.25) is 4.79 Å². The molecule has 0 radical (unpaired) electrons. The van der Waals surface area contributed by atoms with E-state index in [0.29, 0.717) is 13.2 Å². The van der Waals surface area contributed by atoms with Crippen LogP contribution in [0.4, 0.5) is 0 Å². The number of rotatable bonds is 4. The van der Waals surface area contributed by atoms with Gasteiger partial charge in [-0.2, -0.15) is 0 Å². The van der Waals surface area contributed by atoms with Crippen molar-refractivity contribution in [3.8, 4) is 0 Å². The summed E-state index contributed by atoms with van der Waals surface area (Å²) < 4.78 is 5.35. The number of hydrogen-bond donors (Lipinski definition) is 2. The summed E-state index contributed by atoms with van der Waals surface area (Å²) in [6.07, 6.45) is 4.45. The van der Waals surface area contributed by atoms with Crippen LogP contribution in [0.15, 0.2) is 30.5 Å². The van der Waals surface area contributed by atoms with Crippen molar-refractivity contribution < 1.29 is 9.53 Å². The van der Waals surface area contributed by atoms with Crippen LogP contribution in [0.1, 0.15) is 18.4 Å². The van der Waals surface area contributed by atoms with Crippen LogP contribution in [0.2, 0.25) is 0 Å². The van der Waals surface area contributed by atoms with E-state index >= 15 is 0 Å². The first-order valence-corrected chi connectivity index (χ1v) is 6.79. The molecule has 1 aliphatic heterocycles. The van der Waals surface area contributed by atoms with E-state index < -0.39 is 0 Å². The molecule has 1 fully saturated rings. The van der Waals surface area contributed by atoms with E-state index in [1.165, 1.54) is 10.9 Å². The molecule has 0 spiro atoms. The minimum absolute atomic E-state index is 0.0253. The van der Waals surface area contributed by atoms with Crippen molar-refractivity contribution in [1.82, 2.24) is 10.3 Å². The first-order chi connectivity index (χ1) is 9.34. The minimum Gasteiger partial charge on any atom is -0.368 e. The highest BCUT2D eigenvalue weighted by Crippen LogP contribution is 2.17. The topological polar surface area (TPSA) is 54.1 Å². The van der Waals surface area contributed by atoms with Crippen molar-refractivity contribution >= 4 is 16.8 Å². The Hall–Kier alpha value is -1.81. The fourth-order valence-corrected chi connectivity index (χ4v) is 2.56. The van der Waals surface area contributed by atoms with Gasteiger partial charge >= 0.3 is 0 Å². The van der Waals surface area contributed by atoms with Crippen molar-refractivity contribution in [2.45, 2.75) is 25.4 Å². The van der Waals surface area contributed by atoms with Crippen LogP contribution in [0.25, 0.3) is 10.9 Å². The number of carbonyl (C=O) groups is 1. The largest absolute Gasteiger partial charge is 0.368 e. The second-order valence-corrected chi connectivity index (χ2v) is 4.90. The molecule has 1 aliphatic rings. The third-order valence-electron chi connectivity index (χ3n) is 3.59. The lowest BCUT2D eigenvalue weighted by Crippen LogP contribution is -2.35. The SMILES string of the molecule is O=C(NCCc1c[nH]c2ccccc12)[C@@H]1CCCO1. The van der Waals surface area contributed by atoms with E-state index in [2.05, 4.69) is 22.4 Å². The van der Waals surface area contributed by atoms with E-state index in [4.69, 9.17) is 4.74 Å². The standard InChI is InChI=1S/C15H18N2O2/c18-15(14-6-3-9-19-14)16-8-7-11-10-17-13-5-2-1-4-12(11)13/h1-2,4-5,10,14,17H,3,6-9H2,(H,16,18)/t14-/m0/s1. The molecule has 1 atom stereocenters. The fraction of sp³-hybridized carbons (Fsp3) is 0.400. The van der Waals surface area contributed by atoms with E-state index in [1.807, 2.05) is 18.3 Å². The smallest absolute Gasteiger partial charge is 0.249 e. The molecule has 1 aromatic carbocycles. The third kappa shape index (κ3) is 2.63. The number of para-hydroxylation sites is 1. The summed E-state index contributed by atoms with van der Waals surface area (Å²) in [5.74, 6) is 0.0253. The van der Waals surface area contributed by atoms with Crippen LogP contribution >= 0.6 is 0 Å². The van der Waals surface area contributed by atoms with E-state index in [-0.39, 0.29) is 12.0 Å². The third-order valence-corrected chi connectivity index (χ3v) is 3.59. The lowest BCUT2D eigenvalue weighted by Gasteiger charge is -2.09. The molecular formula is C15H18N2O2. The van der Waals surface area contributed by atoms with Gasteiger partial charge in [0, 0.05) is 30.3 Å². The summed E-state index contributed by atoms with van der Waals surface area (Å²) in [6, 6.07) is 8.21. The molecule has 2 aromatic rings. The maximum absolute atomic E-state index is 11.8. The van der Waals surface area contributed by atoms with E-state index in [9.17, 15) is 4.79 Å². The van der Waals surface area contributed by atoms with Crippen LogP contribution in [0.5, 0.6) is 0 Å². The first-order valence-electron chi connectivity index (χ1n) is 6.79. The highest BCUT2D eigenvalue weighted by Gasteiger charge is 2.22. The second kappa shape index (κ2) is 5.45. The van der Waals surface area contributed by atoms with E-state index in [0.717, 1.165) is 24.8 Å². The first kappa shape index (κ1) is 12.2. The van der Waals surface area contributed by atoms with Crippen LogP contribution in [-0.2, 0) is 16.0 Å². The number of hydrogen-bond acceptors (Lipinski definition) is 2. The Morgan fingerprint density at radius 3 is 3.16 bits per heavy atom. The van der Waals surface area contributed by atoms with Crippen molar-refractivity contribution in [3.63, 3.8) is 0 Å². The van der Waals surface area contributed by atoms with Gasteiger partial charge in [0.2, 0.25) is 5.91 Å². The Morgan fingerprint density at radius 1 is 1.42 bits per heavy atom. The Labute approximate surface area is 112 Å². The molecule has 19 heavy (non-hydrogen) atoms. The van der Waals surface area contributed by atoms with Crippen molar-refractivity contribution in [2.75, 3.05) is 13.2 Å². The number of aromatic amines is 1. The summed E-state index contributed by atoms with van der Waals surface area (Å²) in [4.78, 5) is 15.0. The summed E-state index contributed by atoms with van der Waals surface area (Å²) in [7, 11) is 0. The van der Waals surface area contributed by atoms with Crippen molar-refractivity contribution in [1.29, 1.82) is 0 Å². The number of H-pyrrole nitrogens is 1. The zero-order valence-electron chi connectivity index (χ0n) is 10.8. The lowest BCUT2D eigenvalue weighted by molar-refractivity contribution is -0.129. The molecule has 2 heterocycles. The molecule has 1 saturated heterocycles. The summed E-state index contributed by atoms with van der Waals surface area (Å²) in [6.45, 7) is 1.36. The van der Waals surface area contributed by atoms with Gasteiger partial charge in [-0.05, 0) is 30.9 Å². The summed E-state index contributed by atoms with van der Waals surface area (Å²) in [5, 5.41) is 4.18. The highest BCUT2D eigenvalue weighted by molar-refractivity contribution is 5.83. The predicted octanol–water partition coefficient (Wildman–Crippen LogP) is 2.01. The van der Waals surface area contributed by atoms with Gasteiger partial charge in [-0.15, -0.1) is 0 Å². The van der Waals surface area contributed by atoms with Gasteiger partial charge in [0.25, 0.3) is 0 Å². The lowest BCUT2D eigenvalue weighted by atomic mass is 10.1. The average Bonchev–Trinajstić information content (AvgIpc) is 3.08. The molecular weight excluding hydrogens is 240 g/mol. The van der Waals surface area contributed by atoms with Gasteiger partial charge in [0.1, 0.15) is 6.10 Å². The Kier molecular flexibility index (Phi) is 3.51. The predicted molar refractivity (Wildman–Crippen MR) is 74.0 cm³/mol. The molecule has 0 unspecified atom stereocenters. The van der Waals surface area contributed by atoms with Gasteiger partial charge in [0.15, 0.2) is 0 Å². The van der Waals surface area contributed by atoms with Gasteiger partial charge in [0.05, 0.1) is 0 Å². The van der Waals surface area contributed by atoms with Crippen molar-refractivity contribution in [2.24, 2.45) is 0 Å². The Balaban J connectivity index is 1.56. The molecule has 100 valence electrons. The Bertz CT molecular complexity index is 570. The van der Waals surface area contributed by atoms with Gasteiger partial charge < -0.3 is 15.0 Å². The monoisotopic (exact) mass is 258 g/mol. The molecule has 0 bridgehead atoms. The maximum atomic E-state index is 11.8. The van der Waals surface area contributed by atoms with Gasteiger partial charge in [-0.1, -0.05) is 18.2 Å². The summed E-state index contributed by atoms with van der Waals surface area (Å²) in [5.41, 5.74) is 2.38. The van der Waals surface area contributed by atoms with Gasteiger partial charge in [-0.25, -0.2) is 0 Å². The Morgan fingerprint density at radius 2 is 2.32 bits per heavy atom. The molecule has 1 amide bonds. The molecule has 2 N–H and O–H groups in total. The molecule has 4 heteroatoms. The maximum Gasteiger partial charge on any atom is 0.249 e. The number of aromatic nitrogens is 1. The van der Waals surface area contributed by atoms with Crippen LogP contribution in [0, 0.1) is 0 Å². The van der Waals surface area contributed by atoms with E-state index in [1.54, 1.807) is 0 Å². The van der Waals surface area contributed by atoms with Crippen LogP contribution in [0.3, 0.4) is 0 Å². The molecule has 1 aromatic heterocycles. The highest BCUT2D eigenvalue weighted by atomic mass is 16.5. The number of nitrogens with one attached hydrogen (secondary N) is 2. The molecule has 0 aliphatic carbocycles. The summed E-state index contributed by atoms with van der Waals surface area (Å²) >= 11 is 0. The molecule has 0 saturated carbocycles. The molecule has 4 nitrogen and oxygen atoms in total. The quantitative estimate of drug-likeness (QED) is 0.881. The fourth-order valence-electron chi connectivity index (χ4n) is 2.56. The zero-order chi connectivity index (χ0) is 13.1. The van der Waals surface area contributed by atoms with Crippen molar-refractivity contribution in [3.05, 3.63) is 36.0 Å². The number of fused-ring (bicyclic) bond motifs is 1. The van der Waals surface area contributed by atoms with Crippen LogP contribution < -0.4 is 5.32 Å². The number of ether oxygens (including phenoxy) is 1. The van der Waals surface area contributed by atoms with Crippen LogP contribution in [-0.4, -0.2) is 30.1 Å². The normalized spacial score (nSPS) is 18.8. The molecule has 3 rings (SSSR count). The minimum atomic E-state index is -0.233. The second-order valence-electron chi connectivity index (χ2n) is 4.90. The number of benzene rings is 1. The zero-order valence-corrected chi connectivity index (χ0v) is 10.8. The number of carbonyl (C=O) groups excluding carboxylic acids is 1. The number of amides is 1. The average molecular weight is 258 g/mol.